The lowest BCUT2D eigenvalue weighted by molar-refractivity contribution is -0.135. The lowest BCUT2D eigenvalue weighted by Crippen LogP contribution is -2.48. The second-order valence-corrected chi connectivity index (χ2v) is 9.93. The quantitative estimate of drug-likeness (QED) is 0.373. The van der Waals surface area contributed by atoms with Crippen molar-refractivity contribution in [3.63, 3.8) is 0 Å². The van der Waals surface area contributed by atoms with Crippen LogP contribution in [0.3, 0.4) is 0 Å². The molecular formula is C24H47N3O5. The maximum atomic E-state index is 12.5. The summed E-state index contributed by atoms with van der Waals surface area (Å²) in [5.41, 5.74) is 11.6. The summed E-state index contributed by atoms with van der Waals surface area (Å²) in [5.74, 6) is -0.443. The molecule has 188 valence electrons. The number of amides is 1. The summed E-state index contributed by atoms with van der Waals surface area (Å²) in [6.07, 6.45) is 8.42. The predicted molar refractivity (Wildman–Crippen MR) is 126 cm³/mol. The fourth-order valence-electron chi connectivity index (χ4n) is 5.07. The number of rotatable bonds is 11. The first-order valence-corrected chi connectivity index (χ1v) is 12.3. The van der Waals surface area contributed by atoms with Crippen LogP contribution in [0.5, 0.6) is 0 Å². The molecule has 32 heavy (non-hydrogen) atoms. The summed E-state index contributed by atoms with van der Waals surface area (Å²) in [6.45, 7) is 9.55. The summed E-state index contributed by atoms with van der Waals surface area (Å²) < 4.78 is 5.40. The number of aliphatic carboxylic acids is 1. The number of ether oxygens (including phenoxy) is 1. The van der Waals surface area contributed by atoms with E-state index < -0.39 is 17.5 Å². The van der Waals surface area contributed by atoms with Gasteiger partial charge in [-0.2, -0.15) is 0 Å². The van der Waals surface area contributed by atoms with E-state index >= 15 is 0 Å². The SMILES string of the molecule is CC(=O)O.CC(C)[C@](CCCN1CCOCC1)(C[C@H](O)[C@@H](N)CC1CCCCC1)C(N)=O. The van der Waals surface area contributed by atoms with Crippen LogP contribution in [0.1, 0.15) is 78.6 Å². The van der Waals surface area contributed by atoms with Crippen LogP contribution in [0.4, 0.5) is 0 Å². The van der Waals surface area contributed by atoms with Gasteiger partial charge in [-0.05, 0) is 44.1 Å². The van der Waals surface area contributed by atoms with Gasteiger partial charge in [-0.15, -0.1) is 0 Å². The van der Waals surface area contributed by atoms with Crippen LogP contribution >= 0.6 is 0 Å². The Bertz CT molecular complexity index is 544. The first-order valence-electron chi connectivity index (χ1n) is 12.3. The zero-order valence-corrected chi connectivity index (χ0v) is 20.4. The molecule has 2 rings (SSSR count). The van der Waals surface area contributed by atoms with Gasteiger partial charge in [0.1, 0.15) is 0 Å². The first-order chi connectivity index (χ1) is 15.1. The molecule has 0 aromatic rings. The fourth-order valence-corrected chi connectivity index (χ4v) is 5.07. The number of morpholine rings is 1. The summed E-state index contributed by atoms with van der Waals surface area (Å²) >= 11 is 0. The molecule has 0 aromatic heterocycles. The number of nitrogens with two attached hydrogens (primary N) is 2. The molecule has 2 fully saturated rings. The Labute approximate surface area is 194 Å². The van der Waals surface area contributed by atoms with Gasteiger partial charge in [-0.25, -0.2) is 0 Å². The maximum absolute atomic E-state index is 12.5. The Morgan fingerprint density at radius 2 is 1.72 bits per heavy atom. The highest BCUT2D eigenvalue weighted by atomic mass is 16.5. The van der Waals surface area contributed by atoms with Crippen molar-refractivity contribution in [2.75, 3.05) is 32.8 Å². The lowest BCUT2D eigenvalue weighted by atomic mass is 9.68. The maximum Gasteiger partial charge on any atom is 0.300 e. The lowest BCUT2D eigenvalue weighted by Gasteiger charge is -2.39. The van der Waals surface area contributed by atoms with Crippen molar-refractivity contribution < 1.29 is 24.5 Å². The van der Waals surface area contributed by atoms with Crippen LogP contribution in [-0.2, 0) is 14.3 Å². The molecule has 1 aliphatic carbocycles. The molecule has 8 nitrogen and oxygen atoms in total. The minimum absolute atomic E-state index is 0.0752. The number of aliphatic hydroxyl groups is 1. The van der Waals surface area contributed by atoms with Crippen molar-refractivity contribution in [2.45, 2.75) is 90.7 Å². The molecule has 0 unspecified atom stereocenters. The van der Waals surface area contributed by atoms with E-state index in [4.69, 9.17) is 26.1 Å². The largest absolute Gasteiger partial charge is 0.481 e. The van der Waals surface area contributed by atoms with Gasteiger partial charge in [0, 0.05) is 26.1 Å². The highest BCUT2D eigenvalue weighted by Gasteiger charge is 2.42. The Balaban J connectivity index is 0.00000118. The molecule has 0 radical (unpaired) electrons. The van der Waals surface area contributed by atoms with Crippen LogP contribution in [0, 0.1) is 17.3 Å². The van der Waals surface area contributed by atoms with Gasteiger partial charge < -0.3 is 26.4 Å². The zero-order valence-electron chi connectivity index (χ0n) is 20.4. The van der Waals surface area contributed by atoms with Gasteiger partial charge in [0.05, 0.1) is 24.7 Å². The molecule has 2 aliphatic rings. The van der Waals surface area contributed by atoms with Gasteiger partial charge in [0.15, 0.2) is 0 Å². The smallest absolute Gasteiger partial charge is 0.300 e. The summed E-state index contributed by atoms with van der Waals surface area (Å²) in [6, 6.07) is -0.278. The second-order valence-electron chi connectivity index (χ2n) is 9.93. The number of carbonyl (C=O) groups is 2. The highest BCUT2D eigenvalue weighted by Crippen LogP contribution is 2.39. The molecule has 1 saturated carbocycles. The number of carboxylic acids is 1. The minimum Gasteiger partial charge on any atom is -0.481 e. The number of carbonyl (C=O) groups excluding carboxylic acids is 1. The van der Waals surface area contributed by atoms with E-state index in [0.29, 0.717) is 18.8 Å². The summed E-state index contributed by atoms with van der Waals surface area (Å²) in [4.78, 5) is 23.9. The Morgan fingerprint density at radius 1 is 1.16 bits per heavy atom. The van der Waals surface area contributed by atoms with Gasteiger partial charge in [-0.1, -0.05) is 46.0 Å². The topological polar surface area (TPSA) is 139 Å². The Hall–Kier alpha value is -1.22. The van der Waals surface area contributed by atoms with Crippen LogP contribution in [0.15, 0.2) is 0 Å². The first kappa shape index (κ1) is 28.8. The van der Waals surface area contributed by atoms with Crippen LogP contribution in [0.2, 0.25) is 0 Å². The van der Waals surface area contributed by atoms with Crippen molar-refractivity contribution in [3.05, 3.63) is 0 Å². The molecule has 0 aromatic carbocycles. The van der Waals surface area contributed by atoms with Gasteiger partial charge in [0.25, 0.3) is 5.97 Å². The number of hydrogen-bond acceptors (Lipinski definition) is 6. The molecule has 0 spiro atoms. The van der Waals surface area contributed by atoms with Gasteiger partial charge >= 0.3 is 0 Å². The number of primary amides is 1. The van der Waals surface area contributed by atoms with E-state index in [2.05, 4.69) is 4.90 Å². The Kier molecular flexibility index (Phi) is 13.4. The highest BCUT2D eigenvalue weighted by molar-refractivity contribution is 5.81. The predicted octanol–water partition coefficient (Wildman–Crippen LogP) is 2.37. The molecule has 0 bridgehead atoms. The average Bonchev–Trinajstić information content (AvgIpc) is 2.73. The summed E-state index contributed by atoms with van der Waals surface area (Å²) in [7, 11) is 0. The van der Waals surface area contributed by atoms with E-state index in [1.165, 1.54) is 32.1 Å². The fraction of sp³-hybridized carbons (Fsp3) is 0.917. The van der Waals surface area contributed by atoms with Gasteiger partial charge in [-0.3, -0.25) is 14.5 Å². The van der Waals surface area contributed by atoms with Crippen molar-refractivity contribution in [1.82, 2.24) is 4.90 Å². The van der Waals surface area contributed by atoms with Crippen LogP contribution in [0.25, 0.3) is 0 Å². The van der Waals surface area contributed by atoms with E-state index in [9.17, 15) is 9.90 Å². The molecule has 1 amide bonds. The van der Waals surface area contributed by atoms with E-state index in [1.54, 1.807) is 0 Å². The van der Waals surface area contributed by atoms with Crippen molar-refractivity contribution in [1.29, 1.82) is 0 Å². The average molecular weight is 458 g/mol. The number of hydrogen-bond donors (Lipinski definition) is 4. The van der Waals surface area contributed by atoms with E-state index in [1.807, 2.05) is 13.8 Å². The van der Waals surface area contributed by atoms with Crippen LogP contribution in [-0.4, -0.2) is 72.0 Å². The minimum atomic E-state index is -0.833. The monoisotopic (exact) mass is 457 g/mol. The van der Waals surface area contributed by atoms with Gasteiger partial charge in [0.2, 0.25) is 5.91 Å². The third-order valence-electron chi connectivity index (χ3n) is 7.19. The molecule has 1 saturated heterocycles. The van der Waals surface area contributed by atoms with E-state index in [0.717, 1.165) is 52.6 Å². The zero-order chi connectivity index (χ0) is 24.1. The van der Waals surface area contributed by atoms with Crippen molar-refractivity contribution >= 4 is 11.9 Å². The number of carboxylic acid groups (broad SMARTS) is 1. The third kappa shape index (κ3) is 10.1. The molecule has 1 aliphatic heterocycles. The molecule has 8 heteroatoms. The van der Waals surface area contributed by atoms with Crippen molar-refractivity contribution in [2.24, 2.45) is 28.7 Å². The normalized spacial score (nSPS) is 21.8. The van der Waals surface area contributed by atoms with E-state index in [-0.39, 0.29) is 17.9 Å². The second kappa shape index (κ2) is 14.8. The number of nitrogens with zero attached hydrogens (tertiary/aromatic N) is 1. The molecule has 3 atom stereocenters. The Morgan fingerprint density at radius 3 is 2.22 bits per heavy atom. The van der Waals surface area contributed by atoms with Crippen LogP contribution < -0.4 is 11.5 Å². The standard InChI is InChI=1S/C22H43N3O3.C2H4O2/c1-17(2)22(21(24)27,9-6-10-25-11-13-28-14-12-25)16-20(26)19(23)15-18-7-4-3-5-8-18;1-2(3)4/h17-20,26H,3-16,23H2,1-2H3,(H2,24,27);1H3,(H,3,4)/t19-,20-,22-;/m0./s1. The molecular weight excluding hydrogens is 410 g/mol. The molecule has 1 heterocycles. The molecule has 6 N–H and O–H groups in total. The third-order valence-corrected chi connectivity index (χ3v) is 7.19. The summed E-state index contributed by atoms with van der Waals surface area (Å²) in [5, 5.41) is 18.3. The van der Waals surface area contributed by atoms with Crippen molar-refractivity contribution in [3.8, 4) is 0 Å². The number of aliphatic hydroxyl groups excluding tert-OH is 1.